The average molecular weight is 453 g/mol. The molecule has 0 radical (unpaired) electrons. The highest BCUT2D eigenvalue weighted by molar-refractivity contribution is 7.92. The van der Waals surface area contributed by atoms with Gasteiger partial charge in [-0.2, -0.15) is 4.98 Å². The lowest BCUT2D eigenvalue weighted by molar-refractivity contribution is -0.121. The van der Waals surface area contributed by atoms with Crippen molar-refractivity contribution in [1.82, 2.24) is 10.1 Å². The summed E-state index contributed by atoms with van der Waals surface area (Å²) >= 11 is 6.22. The fourth-order valence-electron chi connectivity index (χ4n) is 2.87. The number of para-hydroxylation sites is 1. The molecule has 1 aliphatic heterocycles. The molecular weight excluding hydrogens is 439 g/mol. The molecule has 4 rings (SSSR count). The van der Waals surface area contributed by atoms with Crippen molar-refractivity contribution in [1.29, 1.82) is 0 Å². The van der Waals surface area contributed by atoms with Gasteiger partial charge in [0, 0.05) is 13.0 Å². The first-order chi connectivity index (χ1) is 14.2. The van der Waals surface area contributed by atoms with Gasteiger partial charge in [-0.05, 0) is 18.2 Å². The first-order valence-electron chi connectivity index (χ1n) is 8.58. The summed E-state index contributed by atoms with van der Waals surface area (Å²) in [5, 5.41) is 3.58. The number of halogens is 2. The fraction of sp³-hybridized carbons (Fsp3) is 0.167. The summed E-state index contributed by atoms with van der Waals surface area (Å²) in [5.74, 6) is -0.403. The monoisotopic (exact) mass is 452 g/mol. The zero-order chi connectivity index (χ0) is 21.5. The van der Waals surface area contributed by atoms with Gasteiger partial charge in [0.1, 0.15) is 16.5 Å². The number of carbonyl (C=O) groups excluding carboxylic acids is 1. The quantitative estimate of drug-likeness (QED) is 0.632. The van der Waals surface area contributed by atoms with Gasteiger partial charge in [-0.15, -0.1) is 0 Å². The van der Waals surface area contributed by atoms with Gasteiger partial charge >= 0.3 is 0 Å². The minimum absolute atomic E-state index is 0.0115. The molecular formula is C18H14ClFN4O5S. The third-order valence-corrected chi connectivity index (χ3v) is 6.06. The van der Waals surface area contributed by atoms with Crippen molar-refractivity contribution in [3.05, 3.63) is 59.0 Å². The second-order valence-corrected chi connectivity index (χ2v) is 8.39. The van der Waals surface area contributed by atoms with E-state index in [4.69, 9.17) is 20.9 Å². The molecule has 0 spiro atoms. The lowest BCUT2D eigenvalue weighted by Crippen LogP contribution is -2.38. The topological polar surface area (TPSA) is 115 Å². The van der Waals surface area contributed by atoms with E-state index in [9.17, 15) is 17.6 Å². The fourth-order valence-corrected chi connectivity index (χ4v) is 4.48. The predicted molar refractivity (Wildman–Crippen MR) is 104 cm³/mol. The Hall–Kier alpha value is -3.18. The number of aryl methyl sites for hydroxylation is 1. The SMILES string of the molecule is Cc1nc(CN2C(=O)COc3cc(S(=O)(=O)Nc4ccccc4F)c(Cl)cc32)no1. The Kier molecular flexibility index (Phi) is 5.08. The largest absolute Gasteiger partial charge is 0.482 e. The highest BCUT2D eigenvalue weighted by atomic mass is 35.5. The number of carbonyl (C=O) groups is 1. The van der Waals surface area contributed by atoms with E-state index in [0.717, 1.165) is 6.07 Å². The number of amides is 1. The Morgan fingerprint density at radius 3 is 2.77 bits per heavy atom. The molecule has 0 fully saturated rings. The molecule has 2 heterocycles. The minimum atomic E-state index is -4.23. The number of nitrogens with one attached hydrogen (secondary N) is 1. The number of anilines is 2. The predicted octanol–water partition coefficient (Wildman–Crippen LogP) is 2.90. The number of fused-ring (bicyclic) bond motifs is 1. The highest BCUT2D eigenvalue weighted by Crippen LogP contribution is 2.39. The van der Waals surface area contributed by atoms with Crippen molar-refractivity contribution >= 4 is 38.9 Å². The Bertz CT molecular complexity index is 1250. The second kappa shape index (κ2) is 7.58. The van der Waals surface area contributed by atoms with Crippen LogP contribution >= 0.6 is 11.6 Å². The molecule has 0 aliphatic carbocycles. The molecule has 0 bridgehead atoms. The van der Waals surface area contributed by atoms with E-state index in [1.54, 1.807) is 6.92 Å². The minimum Gasteiger partial charge on any atom is -0.482 e. The molecule has 156 valence electrons. The van der Waals surface area contributed by atoms with Crippen molar-refractivity contribution in [3.8, 4) is 5.75 Å². The Morgan fingerprint density at radius 1 is 1.30 bits per heavy atom. The van der Waals surface area contributed by atoms with Crippen LogP contribution in [0.15, 0.2) is 45.8 Å². The number of aromatic nitrogens is 2. The van der Waals surface area contributed by atoms with Crippen LogP contribution in [0.3, 0.4) is 0 Å². The normalized spacial score (nSPS) is 13.7. The number of sulfonamides is 1. The van der Waals surface area contributed by atoms with E-state index in [-0.39, 0.29) is 51.9 Å². The Labute approximate surface area is 175 Å². The molecule has 3 aromatic rings. The summed E-state index contributed by atoms with van der Waals surface area (Å²) in [6.45, 7) is 1.29. The van der Waals surface area contributed by atoms with E-state index in [2.05, 4.69) is 14.9 Å². The van der Waals surface area contributed by atoms with Crippen molar-refractivity contribution in [2.45, 2.75) is 18.4 Å². The van der Waals surface area contributed by atoms with Crippen molar-refractivity contribution in [3.63, 3.8) is 0 Å². The molecule has 1 amide bonds. The standard InChI is InChI=1S/C18H14ClFN4O5S/c1-10-21-17(22-29-10)8-24-14-6-11(19)16(7-15(14)28-9-18(24)25)30(26,27)23-13-5-3-2-4-12(13)20/h2-7,23H,8-9H2,1H3. The molecule has 1 aliphatic rings. The van der Waals surface area contributed by atoms with Gasteiger partial charge in [-0.1, -0.05) is 28.9 Å². The molecule has 2 aromatic carbocycles. The third kappa shape index (κ3) is 3.81. The zero-order valence-corrected chi connectivity index (χ0v) is 17.0. The average Bonchev–Trinajstić information content (AvgIpc) is 3.10. The van der Waals surface area contributed by atoms with E-state index < -0.39 is 15.8 Å². The first kappa shape index (κ1) is 20.1. The van der Waals surface area contributed by atoms with Gasteiger partial charge in [0.15, 0.2) is 12.4 Å². The number of hydrogen-bond acceptors (Lipinski definition) is 7. The van der Waals surface area contributed by atoms with Crippen molar-refractivity contribution in [2.24, 2.45) is 0 Å². The molecule has 12 heteroatoms. The molecule has 0 atom stereocenters. The third-order valence-electron chi connectivity index (χ3n) is 4.23. The van der Waals surface area contributed by atoms with Gasteiger partial charge in [0.2, 0.25) is 5.89 Å². The summed E-state index contributed by atoms with van der Waals surface area (Å²) in [4.78, 5) is 17.4. The van der Waals surface area contributed by atoms with Crippen LogP contribution in [0.4, 0.5) is 15.8 Å². The highest BCUT2D eigenvalue weighted by Gasteiger charge is 2.31. The molecule has 1 aromatic heterocycles. The van der Waals surface area contributed by atoms with E-state index in [0.29, 0.717) is 5.89 Å². The van der Waals surface area contributed by atoms with Crippen LogP contribution in [-0.2, 0) is 21.4 Å². The zero-order valence-electron chi connectivity index (χ0n) is 15.4. The molecule has 0 unspecified atom stereocenters. The van der Waals surface area contributed by atoms with Gasteiger partial charge in [-0.3, -0.25) is 14.4 Å². The van der Waals surface area contributed by atoms with Crippen LogP contribution < -0.4 is 14.4 Å². The molecule has 0 saturated heterocycles. The van der Waals surface area contributed by atoms with Crippen LogP contribution in [-0.4, -0.2) is 31.1 Å². The summed E-state index contributed by atoms with van der Waals surface area (Å²) in [6.07, 6.45) is 0. The van der Waals surface area contributed by atoms with Gasteiger partial charge in [0.25, 0.3) is 15.9 Å². The second-order valence-electron chi connectivity index (χ2n) is 6.33. The smallest absolute Gasteiger partial charge is 0.265 e. The number of ether oxygens (including phenoxy) is 1. The van der Waals surface area contributed by atoms with Crippen LogP contribution in [0, 0.1) is 12.7 Å². The van der Waals surface area contributed by atoms with Crippen molar-refractivity contribution < 1.29 is 26.9 Å². The van der Waals surface area contributed by atoms with Crippen LogP contribution in [0.1, 0.15) is 11.7 Å². The van der Waals surface area contributed by atoms with Gasteiger partial charge in [0.05, 0.1) is 22.9 Å². The van der Waals surface area contributed by atoms with Crippen LogP contribution in [0.5, 0.6) is 5.75 Å². The maximum absolute atomic E-state index is 13.9. The van der Waals surface area contributed by atoms with E-state index >= 15 is 0 Å². The van der Waals surface area contributed by atoms with Crippen molar-refractivity contribution in [2.75, 3.05) is 16.2 Å². The lowest BCUT2D eigenvalue weighted by atomic mass is 10.2. The first-order valence-corrected chi connectivity index (χ1v) is 10.4. The lowest BCUT2D eigenvalue weighted by Gasteiger charge is -2.29. The number of benzene rings is 2. The molecule has 9 nitrogen and oxygen atoms in total. The maximum Gasteiger partial charge on any atom is 0.265 e. The Morgan fingerprint density at radius 2 is 2.07 bits per heavy atom. The maximum atomic E-state index is 13.9. The Balaban J connectivity index is 1.70. The van der Waals surface area contributed by atoms with Gasteiger partial charge < -0.3 is 9.26 Å². The van der Waals surface area contributed by atoms with E-state index in [1.165, 1.54) is 35.2 Å². The summed E-state index contributed by atoms with van der Waals surface area (Å²) in [7, 11) is -4.23. The van der Waals surface area contributed by atoms with Crippen LogP contribution in [0.2, 0.25) is 5.02 Å². The number of rotatable bonds is 5. The van der Waals surface area contributed by atoms with E-state index in [1.807, 2.05) is 0 Å². The molecule has 1 N–H and O–H groups in total. The molecule has 0 saturated carbocycles. The van der Waals surface area contributed by atoms with Gasteiger partial charge in [-0.25, -0.2) is 12.8 Å². The summed E-state index contributed by atoms with van der Waals surface area (Å²) in [5.41, 5.74) is 0.0278. The molecule has 30 heavy (non-hydrogen) atoms. The van der Waals surface area contributed by atoms with Crippen LogP contribution in [0.25, 0.3) is 0 Å². The summed E-state index contributed by atoms with van der Waals surface area (Å²) < 4.78 is 51.9. The number of nitrogens with zero attached hydrogens (tertiary/aromatic N) is 3. The summed E-state index contributed by atoms with van der Waals surface area (Å²) in [6, 6.07) is 7.80. The number of hydrogen-bond donors (Lipinski definition) is 1.